The first-order chi connectivity index (χ1) is 9.08. The van der Waals surface area contributed by atoms with Crippen molar-refractivity contribution in [1.29, 1.82) is 0 Å². The number of Topliss-reactive ketones (excluding diaryl/α,β-unsaturated/α-hetero) is 1. The Balaban J connectivity index is 2.17. The maximum absolute atomic E-state index is 11.8. The largest absolute Gasteiger partial charge is 0.308 e. The smallest absolute Gasteiger partial charge is 0.133 e. The minimum Gasteiger partial charge on any atom is -0.308 e. The van der Waals surface area contributed by atoms with Gasteiger partial charge in [-0.05, 0) is 26.9 Å². The van der Waals surface area contributed by atoms with Gasteiger partial charge in [0.1, 0.15) is 5.78 Å². The number of rotatable bonds is 4. The van der Waals surface area contributed by atoms with E-state index in [2.05, 4.69) is 10.00 Å². The van der Waals surface area contributed by atoms with Gasteiger partial charge in [0.2, 0.25) is 0 Å². The van der Waals surface area contributed by atoms with Crippen LogP contribution < -0.4 is 0 Å². The van der Waals surface area contributed by atoms with Crippen LogP contribution in [-0.2, 0) is 11.3 Å². The number of carbonyl (C=O) groups excluding carboxylic acids is 1. The molecular formula is C14H22ClN3O. The fourth-order valence-corrected chi connectivity index (χ4v) is 2.97. The van der Waals surface area contributed by atoms with E-state index >= 15 is 0 Å². The van der Waals surface area contributed by atoms with Crippen LogP contribution in [0.25, 0.3) is 0 Å². The van der Waals surface area contributed by atoms with Crippen LogP contribution in [0.4, 0.5) is 0 Å². The third kappa shape index (κ3) is 3.80. The van der Waals surface area contributed by atoms with Gasteiger partial charge >= 0.3 is 0 Å². The average Bonchev–Trinajstić information content (AvgIpc) is 2.58. The van der Waals surface area contributed by atoms with E-state index in [1.807, 2.05) is 18.8 Å². The van der Waals surface area contributed by atoms with Crippen molar-refractivity contribution in [1.82, 2.24) is 14.7 Å². The van der Waals surface area contributed by atoms with Crippen molar-refractivity contribution in [3.8, 4) is 0 Å². The van der Waals surface area contributed by atoms with Crippen LogP contribution >= 0.6 is 11.6 Å². The van der Waals surface area contributed by atoms with Gasteiger partial charge in [-0.1, -0.05) is 18.0 Å². The highest BCUT2D eigenvalue weighted by molar-refractivity contribution is 6.31. The highest BCUT2D eigenvalue weighted by Crippen LogP contribution is 2.34. The molecule has 1 heterocycles. The fraction of sp³-hybridized carbons (Fsp3) is 0.714. The summed E-state index contributed by atoms with van der Waals surface area (Å²) in [7, 11) is 4.08. The number of likely N-dealkylation sites (N-methyl/N-ethyl adjacent to an activating group) is 1. The van der Waals surface area contributed by atoms with E-state index in [4.69, 9.17) is 11.6 Å². The summed E-state index contributed by atoms with van der Waals surface area (Å²) in [5.41, 5.74) is 1.05. The van der Waals surface area contributed by atoms with E-state index in [9.17, 15) is 4.79 Å². The number of hydrogen-bond acceptors (Lipinski definition) is 3. The van der Waals surface area contributed by atoms with Gasteiger partial charge in [0.25, 0.3) is 0 Å². The van der Waals surface area contributed by atoms with E-state index < -0.39 is 0 Å². The molecule has 1 aromatic heterocycles. The van der Waals surface area contributed by atoms with Crippen LogP contribution in [0, 0.1) is 0 Å². The van der Waals surface area contributed by atoms with Crippen LogP contribution in [0.2, 0.25) is 5.02 Å². The Morgan fingerprint density at radius 1 is 1.47 bits per heavy atom. The molecule has 2 rings (SSSR count). The Morgan fingerprint density at radius 2 is 2.26 bits per heavy atom. The summed E-state index contributed by atoms with van der Waals surface area (Å²) < 4.78 is 1.98. The molecule has 0 bridgehead atoms. The molecular weight excluding hydrogens is 262 g/mol. The van der Waals surface area contributed by atoms with Crippen molar-refractivity contribution < 1.29 is 4.79 Å². The van der Waals surface area contributed by atoms with Crippen LogP contribution in [0.1, 0.15) is 43.7 Å². The Hall–Kier alpha value is -0.870. The summed E-state index contributed by atoms with van der Waals surface area (Å²) in [6.45, 7) is 1.74. The zero-order valence-corrected chi connectivity index (χ0v) is 12.5. The normalized spacial score (nSPS) is 20.8. The van der Waals surface area contributed by atoms with E-state index in [0.717, 1.165) is 44.5 Å². The van der Waals surface area contributed by atoms with Gasteiger partial charge in [-0.25, -0.2) is 0 Å². The second-order valence-electron chi connectivity index (χ2n) is 5.59. The zero-order valence-electron chi connectivity index (χ0n) is 11.7. The van der Waals surface area contributed by atoms with Crippen molar-refractivity contribution in [2.45, 2.75) is 44.6 Å². The van der Waals surface area contributed by atoms with E-state index in [1.165, 1.54) is 0 Å². The van der Waals surface area contributed by atoms with E-state index in [0.29, 0.717) is 17.2 Å². The molecule has 0 N–H and O–H groups in total. The minimum absolute atomic E-state index is 0.243. The van der Waals surface area contributed by atoms with Gasteiger partial charge in [0, 0.05) is 25.3 Å². The monoisotopic (exact) mass is 283 g/mol. The third-order valence-corrected chi connectivity index (χ3v) is 4.00. The summed E-state index contributed by atoms with van der Waals surface area (Å²) in [6.07, 6.45) is 6.21. The quantitative estimate of drug-likeness (QED) is 0.798. The van der Waals surface area contributed by atoms with Gasteiger partial charge in [0.15, 0.2) is 0 Å². The van der Waals surface area contributed by atoms with Crippen molar-refractivity contribution in [2.75, 3.05) is 20.6 Å². The maximum Gasteiger partial charge on any atom is 0.133 e. The lowest BCUT2D eigenvalue weighted by molar-refractivity contribution is -0.119. The second-order valence-corrected chi connectivity index (χ2v) is 6.00. The molecule has 0 radical (unpaired) electrons. The molecule has 1 atom stereocenters. The van der Waals surface area contributed by atoms with Crippen LogP contribution in [0.5, 0.6) is 0 Å². The van der Waals surface area contributed by atoms with Gasteiger partial charge in [0.05, 0.1) is 23.5 Å². The minimum atomic E-state index is 0.243. The van der Waals surface area contributed by atoms with Gasteiger partial charge in [-0.3, -0.25) is 9.48 Å². The Labute approximate surface area is 119 Å². The summed E-state index contributed by atoms with van der Waals surface area (Å²) in [5, 5.41) is 5.07. The predicted molar refractivity (Wildman–Crippen MR) is 76.6 cm³/mol. The van der Waals surface area contributed by atoms with Crippen molar-refractivity contribution in [2.24, 2.45) is 0 Å². The Morgan fingerprint density at radius 3 is 3.00 bits per heavy atom. The fourth-order valence-electron chi connectivity index (χ4n) is 2.68. The highest BCUT2D eigenvalue weighted by Gasteiger charge is 2.24. The van der Waals surface area contributed by atoms with Crippen LogP contribution in [-0.4, -0.2) is 41.1 Å². The molecule has 1 aliphatic carbocycles. The molecule has 0 aromatic carbocycles. The second kappa shape index (κ2) is 6.53. The summed E-state index contributed by atoms with van der Waals surface area (Å²) in [4.78, 5) is 13.9. The molecule has 0 spiro atoms. The first kappa shape index (κ1) is 14.5. The number of aromatic nitrogens is 2. The molecule has 0 saturated heterocycles. The average molecular weight is 284 g/mol. The van der Waals surface area contributed by atoms with Crippen LogP contribution in [0.3, 0.4) is 0 Å². The molecule has 1 fully saturated rings. The number of hydrogen-bond donors (Lipinski definition) is 0. The molecule has 19 heavy (non-hydrogen) atoms. The molecule has 5 heteroatoms. The standard InChI is InChI=1S/C14H22ClN3O/c1-17(2)7-8-18-14(13(15)10-16-18)11-5-3-4-6-12(19)9-11/h10-11H,3-9H2,1-2H3. The molecule has 0 aliphatic heterocycles. The first-order valence-electron chi connectivity index (χ1n) is 6.95. The topological polar surface area (TPSA) is 38.1 Å². The highest BCUT2D eigenvalue weighted by atomic mass is 35.5. The number of nitrogens with zero attached hydrogens (tertiary/aromatic N) is 3. The number of ketones is 1. The molecule has 0 amide bonds. The molecule has 1 aromatic rings. The lowest BCUT2D eigenvalue weighted by Gasteiger charge is -2.18. The van der Waals surface area contributed by atoms with Crippen molar-refractivity contribution >= 4 is 17.4 Å². The molecule has 106 valence electrons. The lowest BCUT2D eigenvalue weighted by atomic mass is 9.96. The van der Waals surface area contributed by atoms with Gasteiger partial charge in [-0.2, -0.15) is 5.10 Å². The Kier molecular flexibility index (Phi) is 4.99. The molecule has 1 saturated carbocycles. The third-order valence-electron chi connectivity index (χ3n) is 3.71. The van der Waals surface area contributed by atoms with Crippen molar-refractivity contribution in [3.05, 3.63) is 16.9 Å². The number of halogens is 1. The summed E-state index contributed by atoms with van der Waals surface area (Å²) >= 11 is 6.29. The summed E-state index contributed by atoms with van der Waals surface area (Å²) in [6, 6.07) is 0. The number of carbonyl (C=O) groups is 1. The van der Waals surface area contributed by atoms with E-state index in [-0.39, 0.29) is 5.92 Å². The van der Waals surface area contributed by atoms with Gasteiger partial charge in [-0.15, -0.1) is 0 Å². The zero-order chi connectivity index (χ0) is 13.8. The lowest BCUT2D eigenvalue weighted by Crippen LogP contribution is -2.21. The summed E-state index contributed by atoms with van der Waals surface area (Å²) in [5.74, 6) is 0.603. The van der Waals surface area contributed by atoms with Crippen LogP contribution in [0.15, 0.2) is 6.20 Å². The SMILES string of the molecule is CN(C)CCn1ncc(Cl)c1C1CCCCC(=O)C1. The van der Waals surface area contributed by atoms with Gasteiger partial charge < -0.3 is 4.90 Å². The first-order valence-corrected chi connectivity index (χ1v) is 7.33. The molecule has 1 unspecified atom stereocenters. The molecule has 4 nitrogen and oxygen atoms in total. The predicted octanol–water partition coefficient (Wildman–Crippen LogP) is 2.71. The van der Waals surface area contributed by atoms with E-state index in [1.54, 1.807) is 6.20 Å². The molecule has 1 aliphatic rings. The maximum atomic E-state index is 11.8. The Bertz CT molecular complexity index is 442. The van der Waals surface area contributed by atoms with Crippen molar-refractivity contribution in [3.63, 3.8) is 0 Å².